The second kappa shape index (κ2) is 11.4. The van der Waals surface area contributed by atoms with Gasteiger partial charge in [0.1, 0.15) is 23.6 Å². The van der Waals surface area contributed by atoms with E-state index in [4.69, 9.17) is 9.57 Å². The fourth-order valence-corrected chi connectivity index (χ4v) is 3.40. The van der Waals surface area contributed by atoms with Gasteiger partial charge in [-0.1, -0.05) is 23.4 Å². The summed E-state index contributed by atoms with van der Waals surface area (Å²) in [4.78, 5) is 33.2. The minimum absolute atomic E-state index is 0.0603. The predicted octanol–water partition coefficient (Wildman–Crippen LogP) is 5.54. The fraction of sp³-hybridized carbons (Fsp3) is 0.385. The molecule has 0 saturated heterocycles. The van der Waals surface area contributed by atoms with Crippen LogP contribution < -0.4 is 0 Å². The lowest BCUT2D eigenvalue weighted by Crippen LogP contribution is -2.24. The number of fused-ring (bicyclic) bond motifs is 1. The van der Waals surface area contributed by atoms with Crippen LogP contribution >= 0.6 is 0 Å². The van der Waals surface area contributed by atoms with Crippen LogP contribution in [0.1, 0.15) is 51.2 Å². The molecule has 0 amide bonds. The van der Waals surface area contributed by atoms with Crippen molar-refractivity contribution in [1.29, 1.82) is 0 Å². The van der Waals surface area contributed by atoms with E-state index in [-0.39, 0.29) is 25.4 Å². The van der Waals surface area contributed by atoms with Gasteiger partial charge < -0.3 is 9.57 Å². The monoisotopic (exact) mass is 503 g/mol. The molecular formula is C26H28F3N3O4. The van der Waals surface area contributed by atoms with Gasteiger partial charge in [0, 0.05) is 30.2 Å². The number of imidazole rings is 1. The third kappa shape index (κ3) is 8.51. The summed E-state index contributed by atoms with van der Waals surface area (Å²) >= 11 is 0. The summed E-state index contributed by atoms with van der Waals surface area (Å²) in [6.07, 6.45) is -0.962. The van der Waals surface area contributed by atoms with Crippen molar-refractivity contribution in [3.8, 4) is 11.3 Å². The van der Waals surface area contributed by atoms with E-state index in [1.54, 1.807) is 57.4 Å². The average molecular weight is 504 g/mol. The maximum Gasteiger partial charge on any atom is 0.389 e. The quantitative estimate of drug-likeness (QED) is 0.157. The molecule has 0 N–H and O–H groups in total. The lowest BCUT2D eigenvalue weighted by atomic mass is 10.0. The number of alkyl halides is 3. The summed E-state index contributed by atoms with van der Waals surface area (Å²) in [5, 5.41) is 3.88. The first-order valence-electron chi connectivity index (χ1n) is 11.4. The number of ketones is 1. The number of Topliss-reactive ketones (excluding diaryl/α,β-unsaturated/α-hetero) is 1. The number of carbonyl (C=O) groups excluding carboxylic acids is 2. The van der Waals surface area contributed by atoms with Gasteiger partial charge in [0.05, 0.1) is 30.9 Å². The molecule has 0 atom stereocenters. The molecule has 2 heterocycles. The number of hydrogen-bond donors (Lipinski definition) is 0. The first-order chi connectivity index (χ1) is 16.9. The molecule has 0 unspecified atom stereocenters. The van der Waals surface area contributed by atoms with Crippen molar-refractivity contribution < 1.29 is 32.3 Å². The average Bonchev–Trinajstić information content (AvgIpc) is 3.19. The number of rotatable bonds is 10. The van der Waals surface area contributed by atoms with Gasteiger partial charge in [0.2, 0.25) is 0 Å². The maximum atomic E-state index is 12.4. The Morgan fingerprint density at radius 3 is 2.61 bits per heavy atom. The highest BCUT2D eigenvalue weighted by molar-refractivity contribution is 5.82. The zero-order valence-corrected chi connectivity index (χ0v) is 20.3. The highest BCUT2D eigenvalue weighted by atomic mass is 19.4. The molecule has 192 valence electrons. The Bertz CT molecular complexity index is 1240. The summed E-state index contributed by atoms with van der Waals surface area (Å²) in [6, 6.07) is 10.7. The molecule has 36 heavy (non-hydrogen) atoms. The molecule has 0 aliphatic heterocycles. The molecule has 0 radical (unpaired) electrons. The number of halogens is 3. The van der Waals surface area contributed by atoms with Crippen LogP contribution in [0.2, 0.25) is 0 Å². The number of pyridine rings is 1. The van der Waals surface area contributed by atoms with E-state index in [0.29, 0.717) is 11.2 Å². The number of nitrogens with zero attached hydrogens (tertiary/aromatic N) is 3. The first kappa shape index (κ1) is 26.9. The van der Waals surface area contributed by atoms with Crippen LogP contribution in [0.25, 0.3) is 16.9 Å². The smallest absolute Gasteiger partial charge is 0.389 e. The van der Waals surface area contributed by atoms with Gasteiger partial charge in [-0.25, -0.2) is 4.98 Å². The summed E-state index contributed by atoms with van der Waals surface area (Å²) in [6.45, 7) is 5.47. The van der Waals surface area contributed by atoms with E-state index in [1.165, 1.54) is 6.21 Å². The van der Waals surface area contributed by atoms with Gasteiger partial charge in [-0.05, 0) is 44.5 Å². The molecule has 0 bridgehead atoms. The van der Waals surface area contributed by atoms with E-state index >= 15 is 0 Å². The van der Waals surface area contributed by atoms with E-state index in [1.807, 2.05) is 16.5 Å². The van der Waals surface area contributed by atoms with Crippen molar-refractivity contribution in [2.75, 3.05) is 6.61 Å². The largest absolute Gasteiger partial charge is 0.460 e. The van der Waals surface area contributed by atoms with Gasteiger partial charge in [-0.2, -0.15) is 13.2 Å². The lowest BCUT2D eigenvalue weighted by Gasteiger charge is -2.19. The Kier molecular flexibility index (Phi) is 8.49. The topological polar surface area (TPSA) is 82.3 Å². The van der Waals surface area contributed by atoms with Crippen LogP contribution in [0.5, 0.6) is 0 Å². The number of benzene rings is 1. The molecule has 2 aromatic heterocycles. The molecule has 3 aromatic rings. The lowest BCUT2D eigenvalue weighted by molar-refractivity contribution is -0.156. The Hall–Kier alpha value is -3.69. The van der Waals surface area contributed by atoms with Gasteiger partial charge in [-0.3, -0.25) is 14.0 Å². The van der Waals surface area contributed by atoms with Gasteiger partial charge in [-0.15, -0.1) is 0 Å². The minimum Gasteiger partial charge on any atom is -0.460 e. The maximum absolute atomic E-state index is 12.4. The molecule has 1 aromatic carbocycles. The van der Waals surface area contributed by atoms with Crippen LogP contribution in [0.3, 0.4) is 0 Å². The van der Waals surface area contributed by atoms with Crippen LogP contribution in [-0.4, -0.2) is 45.7 Å². The molecule has 0 aliphatic carbocycles. The number of hydrogen-bond acceptors (Lipinski definition) is 6. The third-order valence-corrected chi connectivity index (χ3v) is 4.94. The highest BCUT2D eigenvalue weighted by Gasteiger charge is 2.27. The molecule has 0 aliphatic rings. The summed E-state index contributed by atoms with van der Waals surface area (Å²) < 4.78 is 44.2. The van der Waals surface area contributed by atoms with Crippen LogP contribution in [0.4, 0.5) is 13.2 Å². The van der Waals surface area contributed by atoms with Crippen LogP contribution in [0, 0.1) is 0 Å². The molecule has 0 saturated carbocycles. The van der Waals surface area contributed by atoms with E-state index in [0.717, 1.165) is 16.8 Å². The van der Waals surface area contributed by atoms with Crippen molar-refractivity contribution in [3.05, 3.63) is 59.9 Å². The van der Waals surface area contributed by atoms with E-state index < -0.39 is 30.4 Å². The second-order valence-corrected chi connectivity index (χ2v) is 9.27. The number of oxime groups is 1. The Balaban J connectivity index is 1.61. The van der Waals surface area contributed by atoms with Gasteiger partial charge in [0.15, 0.2) is 0 Å². The molecule has 3 rings (SSSR count). The SMILES string of the molecule is CC(C)(C)OC(=O)CCON=Cc1ccn2c(-c3cccc(CC(=O)CCC(F)(F)F)c3)cnc2c1. The van der Waals surface area contributed by atoms with Crippen molar-refractivity contribution in [3.63, 3.8) is 0 Å². The van der Waals surface area contributed by atoms with Crippen molar-refractivity contribution in [1.82, 2.24) is 9.38 Å². The van der Waals surface area contributed by atoms with Crippen molar-refractivity contribution >= 4 is 23.6 Å². The van der Waals surface area contributed by atoms with E-state index in [2.05, 4.69) is 10.1 Å². The summed E-state index contributed by atoms with van der Waals surface area (Å²) in [5.41, 5.74) is 3.04. The highest BCUT2D eigenvalue weighted by Crippen LogP contribution is 2.24. The molecule has 7 nitrogen and oxygen atoms in total. The van der Waals surface area contributed by atoms with E-state index in [9.17, 15) is 22.8 Å². The minimum atomic E-state index is -4.34. The number of esters is 1. The van der Waals surface area contributed by atoms with Gasteiger partial charge in [0.25, 0.3) is 0 Å². The number of aromatic nitrogens is 2. The summed E-state index contributed by atoms with van der Waals surface area (Å²) in [7, 11) is 0. The van der Waals surface area contributed by atoms with Crippen molar-refractivity contribution in [2.45, 2.75) is 58.2 Å². The molecule has 10 heteroatoms. The molecular weight excluding hydrogens is 475 g/mol. The second-order valence-electron chi connectivity index (χ2n) is 9.27. The molecule has 0 fully saturated rings. The predicted molar refractivity (Wildman–Crippen MR) is 129 cm³/mol. The molecule has 0 spiro atoms. The Labute approximate surface area is 206 Å². The van der Waals surface area contributed by atoms with Gasteiger partial charge >= 0.3 is 12.1 Å². The standard InChI is InChI=1S/C26H28F3N3O4/c1-25(2,3)36-24(34)9-12-35-31-16-19-8-11-32-22(17-30-23(32)15-19)20-6-4-5-18(13-20)14-21(33)7-10-26(27,28)29/h4-6,8,11,13,15-17H,7,9-10,12,14H2,1-3H3. The van der Waals surface area contributed by atoms with Crippen molar-refractivity contribution in [2.24, 2.45) is 5.16 Å². The van der Waals surface area contributed by atoms with Crippen LogP contribution in [0.15, 0.2) is 53.9 Å². The first-order valence-corrected chi connectivity index (χ1v) is 11.4. The Morgan fingerprint density at radius 2 is 1.89 bits per heavy atom. The third-order valence-electron chi connectivity index (χ3n) is 4.94. The summed E-state index contributed by atoms with van der Waals surface area (Å²) in [5.74, 6) is -0.821. The Morgan fingerprint density at radius 1 is 1.11 bits per heavy atom. The van der Waals surface area contributed by atoms with Crippen LogP contribution in [-0.2, 0) is 25.6 Å². The fourth-order valence-electron chi connectivity index (χ4n) is 3.40. The normalized spacial score (nSPS) is 12.3. The number of carbonyl (C=O) groups is 2. The number of ether oxygens (including phenoxy) is 1. The zero-order valence-electron chi connectivity index (χ0n) is 20.3. The zero-order chi connectivity index (χ0) is 26.3.